The van der Waals surface area contributed by atoms with Crippen LogP contribution in [0.15, 0.2) is 41.4 Å². The highest BCUT2D eigenvalue weighted by atomic mass is 32.2. The molecule has 1 saturated heterocycles. The molecule has 4 rings (SSSR count). The summed E-state index contributed by atoms with van der Waals surface area (Å²) in [5.74, 6) is -0.129. The zero-order valence-electron chi connectivity index (χ0n) is 13.2. The van der Waals surface area contributed by atoms with Gasteiger partial charge in [-0.15, -0.1) is 0 Å². The Kier molecular flexibility index (Phi) is 3.60. The van der Waals surface area contributed by atoms with Crippen LogP contribution in [0.25, 0.3) is 0 Å². The van der Waals surface area contributed by atoms with E-state index in [2.05, 4.69) is 4.98 Å². The van der Waals surface area contributed by atoms with Gasteiger partial charge in [0.1, 0.15) is 10.6 Å². The number of fused-ring (bicyclic) bond motifs is 1. The van der Waals surface area contributed by atoms with Crippen LogP contribution in [-0.4, -0.2) is 43.8 Å². The molecule has 0 saturated carbocycles. The molecule has 3 heterocycles. The summed E-state index contributed by atoms with van der Waals surface area (Å²) in [5, 5.41) is 0. The van der Waals surface area contributed by atoms with Crippen molar-refractivity contribution in [3.05, 3.63) is 47.8 Å². The van der Waals surface area contributed by atoms with Crippen molar-refractivity contribution in [2.45, 2.75) is 24.2 Å². The van der Waals surface area contributed by atoms with Gasteiger partial charge in [-0.3, -0.25) is 9.10 Å². The van der Waals surface area contributed by atoms with Gasteiger partial charge in [-0.1, -0.05) is 18.2 Å². The predicted molar refractivity (Wildman–Crippen MR) is 90.6 cm³/mol. The van der Waals surface area contributed by atoms with Crippen LogP contribution in [0.4, 0.5) is 5.69 Å². The van der Waals surface area contributed by atoms with E-state index in [0.29, 0.717) is 18.7 Å². The predicted octanol–water partition coefficient (Wildman–Crippen LogP) is 2.00. The minimum atomic E-state index is -3.66. The number of likely N-dealkylation sites (tertiary alicyclic amines) is 1. The number of nitrogens with one attached hydrogen (secondary N) is 1. The second-order valence-electron chi connectivity index (χ2n) is 6.20. The molecule has 0 atom stereocenters. The van der Waals surface area contributed by atoms with Crippen LogP contribution in [0.5, 0.6) is 0 Å². The highest BCUT2D eigenvalue weighted by molar-refractivity contribution is 7.92. The van der Waals surface area contributed by atoms with E-state index in [1.165, 1.54) is 16.6 Å². The number of amides is 1. The number of hydrogen-bond donors (Lipinski definition) is 1. The Morgan fingerprint density at radius 3 is 2.62 bits per heavy atom. The number of aromatic amines is 1. The summed E-state index contributed by atoms with van der Waals surface area (Å²) in [4.78, 5) is 17.1. The monoisotopic (exact) mass is 345 g/mol. The first-order chi connectivity index (χ1) is 11.6. The fourth-order valence-corrected chi connectivity index (χ4v) is 4.92. The Balaban J connectivity index is 1.63. The molecule has 24 heavy (non-hydrogen) atoms. The molecule has 1 aromatic heterocycles. The molecule has 2 aromatic rings. The zero-order chi connectivity index (χ0) is 16.7. The van der Waals surface area contributed by atoms with E-state index in [9.17, 15) is 13.2 Å². The summed E-state index contributed by atoms with van der Waals surface area (Å²) >= 11 is 0. The molecule has 1 N–H and O–H groups in total. The number of carbonyl (C=O) groups is 1. The number of sulfonamides is 1. The Hall–Kier alpha value is -2.28. The van der Waals surface area contributed by atoms with Gasteiger partial charge in [-0.05, 0) is 37.0 Å². The number of benzene rings is 1. The first-order valence-corrected chi connectivity index (χ1v) is 9.60. The minimum Gasteiger partial charge on any atom is -0.356 e. The van der Waals surface area contributed by atoms with Crippen LogP contribution in [0.3, 0.4) is 0 Å². The van der Waals surface area contributed by atoms with Crippen LogP contribution in [0.1, 0.15) is 28.9 Å². The van der Waals surface area contributed by atoms with Crippen LogP contribution >= 0.6 is 0 Å². The molecule has 1 fully saturated rings. The maximum atomic E-state index is 12.9. The first-order valence-electron chi connectivity index (χ1n) is 8.16. The number of H-pyrrole nitrogens is 1. The van der Waals surface area contributed by atoms with E-state index in [4.69, 9.17) is 0 Å². The SMILES string of the molecule is O=C(c1cc(S(=O)(=O)N2CCc3ccccc32)c[nH]1)N1CCCC1. The van der Waals surface area contributed by atoms with E-state index in [-0.39, 0.29) is 10.8 Å². The molecular weight excluding hydrogens is 326 g/mol. The number of para-hydroxylation sites is 1. The van der Waals surface area contributed by atoms with Gasteiger partial charge in [0.05, 0.1) is 5.69 Å². The lowest BCUT2D eigenvalue weighted by molar-refractivity contribution is 0.0787. The molecule has 0 radical (unpaired) electrons. The normalized spacial score (nSPS) is 17.3. The second kappa shape index (κ2) is 5.66. The summed E-state index contributed by atoms with van der Waals surface area (Å²) < 4.78 is 27.3. The van der Waals surface area contributed by atoms with Crippen molar-refractivity contribution in [3.63, 3.8) is 0 Å². The smallest absolute Gasteiger partial charge is 0.270 e. The third-order valence-corrected chi connectivity index (χ3v) is 6.50. The van der Waals surface area contributed by atoms with Crippen molar-refractivity contribution < 1.29 is 13.2 Å². The number of carbonyl (C=O) groups excluding carboxylic acids is 1. The van der Waals surface area contributed by atoms with E-state index in [0.717, 1.165) is 37.2 Å². The number of rotatable bonds is 3. The van der Waals surface area contributed by atoms with Gasteiger partial charge in [0, 0.05) is 25.8 Å². The van der Waals surface area contributed by atoms with Crippen LogP contribution in [0.2, 0.25) is 0 Å². The van der Waals surface area contributed by atoms with E-state index < -0.39 is 10.0 Å². The van der Waals surface area contributed by atoms with Crippen LogP contribution < -0.4 is 4.31 Å². The summed E-state index contributed by atoms with van der Waals surface area (Å²) in [6, 6.07) is 8.98. The fraction of sp³-hybridized carbons (Fsp3) is 0.353. The average Bonchev–Trinajstić information content (AvgIpc) is 3.33. The molecule has 6 nitrogen and oxygen atoms in total. The van der Waals surface area contributed by atoms with Gasteiger partial charge >= 0.3 is 0 Å². The number of nitrogens with zero attached hydrogens (tertiary/aromatic N) is 2. The lowest BCUT2D eigenvalue weighted by Gasteiger charge is -2.18. The number of hydrogen-bond acceptors (Lipinski definition) is 3. The molecule has 126 valence electrons. The molecule has 2 aliphatic rings. The third kappa shape index (κ3) is 2.39. The Labute approximate surface area is 141 Å². The molecule has 7 heteroatoms. The minimum absolute atomic E-state index is 0.129. The van der Waals surface area contributed by atoms with Gasteiger partial charge in [0.15, 0.2) is 0 Å². The Bertz CT molecular complexity index is 882. The van der Waals surface area contributed by atoms with Gasteiger partial charge in [-0.2, -0.15) is 0 Å². The molecule has 2 aliphatic heterocycles. The Morgan fingerprint density at radius 2 is 1.83 bits per heavy atom. The lowest BCUT2D eigenvalue weighted by Crippen LogP contribution is -2.29. The van der Waals surface area contributed by atoms with Crippen molar-refractivity contribution in [3.8, 4) is 0 Å². The summed E-state index contributed by atoms with van der Waals surface area (Å²) in [6.07, 6.45) is 4.13. The topological polar surface area (TPSA) is 73.5 Å². The molecule has 0 aliphatic carbocycles. The second-order valence-corrected chi connectivity index (χ2v) is 8.07. The van der Waals surface area contributed by atoms with Crippen LogP contribution in [-0.2, 0) is 16.4 Å². The van der Waals surface area contributed by atoms with Crippen molar-refractivity contribution in [2.24, 2.45) is 0 Å². The zero-order valence-corrected chi connectivity index (χ0v) is 14.1. The fourth-order valence-electron chi connectivity index (χ4n) is 3.42. The number of aromatic nitrogens is 1. The number of anilines is 1. The summed E-state index contributed by atoms with van der Waals surface area (Å²) in [6.45, 7) is 1.90. The molecule has 0 bridgehead atoms. The highest BCUT2D eigenvalue weighted by Crippen LogP contribution is 2.32. The molecule has 0 spiro atoms. The van der Waals surface area contributed by atoms with Gasteiger partial charge < -0.3 is 9.88 Å². The van der Waals surface area contributed by atoms with Crippen molar-refractivity contribution in [1.82, 2.24) is 9.88 Å². The molecular formula is C17H19N3O3S. The van der Waals surface area contributed by atoms with E-state index >= 15 is 0 Å². The van der Waals surface area contributed by atoms with Gasteiger partial charge in [-0.25, -0.2) is 8.42 Å². The van der Waals surface area contributed by atoms with Gasteiger partial charge in [0.25, 0.3) is 15.9 Å². The third-order valence-electron chi connectivity index (χ3n) is 4.71. The van der Waals surface area contributed by atoms with Crippen LogP contribution in [0, 0.1) is 0 Å². The lowest BCUT2D eigenvalue weighted by atomic mass is 10.2. The maximum absolute atomic E-state index is 12.9. The van der Waals surface area contributed by atoms with E-state index in [1.54, 1.807) is 4.90 Å². The maximum Gasteiger partial charge on any atom is 0.270 e. The largest absolute Gasteiger partial charge is 0.356 e. The average molecular weight is 345 g/mol. The van der Waals surface area contributed by atoms with E-state index in [1.807, 2.05) is 24.3 Å². The molecule has 1 aromatic carbocycles. The van der Waals surface area contributed by atoms with Crippen molar-refractivity contribution in [1.29, 1.82) is 0 Å². The quantitative estimate of drug-likeness (QED) is 0.925. The highest BCUT2D eigenvalue weighted by Gasteiger charge is 2.32. The molecule has 0 unspecified atom stereocenters. The van der Waals surface area contributed by atoms with Crippen molar-refractivity contribution >= 4 is 21.6 Å². The first kappa shape index (κ1) is 15.3. The molecule has 1 amide bonds. The summed E-state index contributed by atoms with van der Waals surface area (Å²) in [5.41, 5.74) is 2.10. The van der Waals surface area contributed by atoms with Crippen molar-refractivity contribution in [2.75, 3.05) is 23.9 Å². The summed E-state index contributed by atoms with van der Waals surface area (Å²) in [7, 11) is -3.66. The Morgan fingerprint density at radius 1 is 1.08 bits per heavy atom. The standard InChI is InChI=1S/C17H19N3O3S/c21-17(19-8-3-4-9-19)15-11-14(12-18-15)24(22,23)20-10-7-13-5-1-2-6-16(13)20/h1-2,5-6,11-12,18H,3-4,7-10H2. The van der Waals surface area contributed by atoms with Gasteiger partial charge in [0.2, 0.25) is 0 Å².